The Kier molecular flexibility index (Phi) is 5.72. The van der Waals surface area contributed by atoms with Crippen LogP contribution in [0.5, 0.6) is 0 Å². The number of hydrogen-bond donors (Lipinski definition) is 1. The molecule has 0 atom stereocenters. The summed E-state index contributed by atoms with van der Waals surface area (Å²) in [6.45, 7) is 0. The highest BCUT2D eigenvalue weighted by atomic mass is 35.5. The van der Waals surface area contributed by atoms with Crippen LogP contribution < -0.4 is 5.73 Å². The Morgan fingerprint density at radius 1 is 1.50 bits per heavy atom. The number of anilines is 1. The Labute approximate surface area is 89.7 Å². The molecule has 3 nitrogen and oxygen atoms in total. The average Bonchev–Trinajstić information content (AvgIpc) is 2.14. The van der Waals surface area contributed by atoms with Crippen LogP contribution in [0.2, 0.25) is 0 Å². The van der Waals surface area contributed by atoms with Crippen LogP contribution in [0.4, 0.5) is 5.69 Å². The Morgan fingerprint density at radius 3 is 2.79 bits per heavy atom. The van der Waals surface area contributed by atoms with Gasteiger partial charge in [-0.25, -0.2) is 0 Å². The van der Waals surface area contributed by atoms with Crippen molar-refractivity contribution >= 4 is 24.1 Å². The molecule has 0 aromatic heterocycles. The zero-order valence-corrected chi connectivity index (χ0v) is 8.84. The van der Waals surface area contributed by atoms with Crippen molar-refractivity contribution in [1.82, 2.24) is 0 Å². The van der Waals surface area contributed by atoms with Crippen LogP contribution in [0, 0.1) is 0 Å². The summed E-state index contributed by atoms with van der Waals surface area (Å²) >= 11 is 0. The molecule has 0 aliphatic rings. The van der Waals surface area contributed by atoms with Gasteiger partial charge in [-0.1, -0.05) is 12.1 Å². The molecule has 0 heterocycles. The van der Waals surface area contributed by atoms with Crippen molar-refractivity contribution in [2.45, 2.75) is 12.8 Å². The molecule has 0 spiro atoms. The first-order valence-electron chi connectivity index (χ1n) is 4.13. The summed E-state index contributed by atoms with van der Waals surface area (Å²) in [7, 11) is 1.39. The van der Waals surface area contributed by atoms with Gasteiger partial charge in [0.15, 0.2) is 0 Å². The zero-order valence-electron chi connectivity index (χ0n) is 8.03. The summed E-state index contributed by atoms with van der Waals surface area (Å²) in [5.74, 6) is -0.192. The van der Waals surface area contributed by atoms with Crippen LogP contribution in [0.3, 0.4) is 0 Å². The standard InChI is InChI=1S/C10H13NO2.ClH/c1-13-10(12)6-5-8-3-2-4-9(11)7-8;/h2-4,7H,5-6,11H2,1H3;1H. The molecule has 0 fully saturated rings. The molecule has 0 bridgehead atoms. The van der Waals surface area contributed by atoms with Crippen molar-refractivity contribution in [1.29, 1.82) is 0 Å². The Hall–Kier alpha value is -1.22. The number of carbonyl (C=O) groups is 1. The first-order valence-corrected chi connectivity index (χ1v) is 4.13. The number of methoxy groups -OCH3 is 1. The average molecular weight is 216 g/mol. The second-order valence-electron chi connectivity index (χ2n) is 2.82. The van der Waals surface area contributed by atoms with Crippen LogP contribution in [0.25, 0.3) is 0 Å². The Morgan fingerprint density at radius 2 is 2.21 bits per heavy atom. The number of benzene rings is 1. The fraction of sp³-hybridized carbons (Fsp3) is 0.300. The third-order valence-corrected chi connectivity index (χ3v) is 1.80. The summed E-state index contributed by atoms with van der Waals surface area (Å²) < 4.78 is 4.53. The normalized spacial score (nSPS) is 8.93. The quantitative estimate of drug-likeness (QED) is 0.618. The zero-order chi connectivity index (χ0) is 9.68. The van der Waals surface area contributed by atoms with Crippen molar-refractivity contribution in [2.75, 3.05) is 12.8 Å². The number of rotatable bonds is 3. The molecule has 78 valence electrons. The molecule has 1 aromatic carbocycles. The van der Waals surface area contributed by atoms with Gasteiger partial charge < -0.3 is 10.5 Å². The van der Waals surface area contributed by atoms with E-state index in [0.29, 0.717) is 12.8 Å². The van der Waals surface area contributed by atoms with Gasteiger partial charge in [0.05, 0.1) is 7.11 Å². The number of ether oxygens (including phenoxy) is 1. The molecule has 14 heavy (non-hydrogen) atoms. The van der Waals surface area contributed by atoms with Crippen LogP contribution in [-0.4, -0.2) is 13.1 Å². The lowest BCUT2D eigenvalue weighted by Gasteiger charge is -2.01. The topological polar surface area (TPSA) is 52.3 Å². The van der Waals surface area contributed by atoms with E-state index in [1.54, 1.807) is 0 Å². The molecule has 0 saturated heterocycles. The first-order chi connectivity index (χ1) is 6.22. The van der Waals surface area contributed by atoms with E-state index in [-0.39, 0.29) is 18.4 Å². The summed E-state index contributed by atoms with van der Waals surface area (Å²) in [5, 5.41) is 0. The van der Waals surface area contributed by atoms with Crippen LogP contribution in [0.15, 0.2) is 24.3 Å². The maximum atomic E-state index is 10.8. The number of esters is 1. The van der Waals surface area contributed by atoms with Gasteiger partial charge in [0.25, 0.3) is 0 Å². The third kappa shape index (κ3) is 4.14. The van der Waals surface area contributed by atoms with E-state index in [1.807, 2.05) is 24.3 Å². The van der Waals surface area contributed by atoms with Gasteiger partial charge in [0, 0.05) is 12.1 Å². The maximum Gasteiger partial charge on any atom is 0.305 e. The van der Waals surface area contributed by atoms with Gasteiger partial charge in [-0.05, 0) is 24.1 Å². The summed E-state index contributed by atoms with van der Waals surface area (Å²) in [4.78, 5) is 10.8. The number of halogens is 1. The number of hydrogen-bond acceptors (Lipinski definition) is 3. The fourth-order valence-corrected chi connectivity index (χ4v) is 1.10. The summed E-state index contributed by atoms with van der Waals surface area (Å²) in [5.41, 5.74) is 7.37. The molecule has 0 radical (unpaired) electrons. The van der Waals surface area contributed by atoms with Gasteiger partial charge in [-0.2, -0.15) is 0 Å². The highest BCUT2D eigenvalue weighted by molar-refractivity contribution is 5.85. The van der Waals surface area contributed by atoms with Gasteiger partial charge >= 0.3 is 5.97 Å². The molecule has 2 N–H and O–H groups in total. The first kappa shape index (κ1) is 12.8. The van der Waals surface area contributed by atoms with Crippen LogP contribution >= 0.6 is 12.4 Å². The molecule has 1 aromatic rings. The molecular formula is C10H14ClNO2. The van der Waals surface area contributed by atoms with E-state index >= 15 is 0 Å². The Bertz CT molecular complexity index is 302. The molecule has 0 amide bonds. The number of nitrogen functional groups attached to an aromatic ring is 1. The van der Waals surface area contributed by atoms with E-state index in [0.717, 1.165) is 11.3 Å². The predicted molar refractivity (Wildman–Crippen MR) is 58.4 cm³/mol. The van der Waals surface area contributed by atoms with Gasteiger partial charge in [-0.3, -0.25) is 4.79 Å². The fourth-order valence-electron chi connectivity index (χ4n) is 1.10. The summed E-state index contributed by atoms with van der Waals surface area (Å²) in [6.07, 6.45) is 1.08. The van der Waals surface area contributed by atoms with Crippen molar-refractivity contribution in [3.05, 3.63) is 29.8 Å². The molecule has 1 rings (SSSR count). The second kappa shape index (κ2) is 6.27. The van der Waals surface area contributed by atoms with E-state index in [1.165, 1.54) is 7.11 Å². The predicted octanol–water partition coefficient (Wildman–Crippen LogP) is 1.80. The number of aryl methyl sites for hydroxylation is 1. The SMILES string of the molecule is COC(=O)CCc1cccc(N)c1.Cl. The van der Waals surface area contributed by atoms with Crippen molar-refractivity contribution in [2.24, 2.45) is 0 Å². The lowest BCUT2D eigenvalue weighted by molar-refractivity contribution is -0.140. The number of carbonyl (C=O) groups excluding carboxylic acids is 1. The van der Waals surface area contributed by atoms with Gasteiger partial charge in [0.1, 0.15) is 0 Å². The highest BCUT2D eigenvalue weighted by Gasteiger charge is 2.00. The third-order valence-electron chi connectivity index (χ3n) is 1.80. The minimum Gasteiger partial charge on any atom is -0.469 e. The van der Waals surface area contributed by atoms with Crippen molar-refractivity contribution in [3.63, 3.8) is 0 Å². The molecular weight excluding hydrogens is 202 g/mol. The van der Waals surface area contributed by atoms with Gasteiger partial charge in [0.2, 0.25) is 0 Å². The van der Waals surface area contributed by atoms with Crippen molar-refractivity contribution < 1.29 is 9.53 Å². The largest absolute Gasteiger partial charge is 0.469 e. The lowest BCUT2D eigenvalue weighted by atomic mass is 10.1. The maximum absolute atomic E-state index is 10.8. The number of nitrogens with two attached hydrogens (primary N) is 1. The molecule has 4 heteroatoms. The second-order valence-corrected chi connectivity index (χ2v) is 2.82. The van der Waals surface area contributed by atoms with Gasteiger partial charge in [-0.15, -0.1) is 12.4 Å². The van der Waals surface area contributed by atoms with Crippen molar-refractivity contribution in [3.8, 4) is 0 Å². The molecule has 0 aliphatic carbocycles. The van der Waals surface area contributed by atoms with E-state index in [9.17, 15) is 4.79 Å². The van der Waals surface area contributed by atoms with E-state index < -0.39 is 0 Å². The molecule has 0 unspecified atom stereocenters. The molecule has 0 aliphatic heterocycles. The highest BCUT2D eigenvalue weighted by Crippen LogP contribution is 2.08. The smallest absolute Gasteiger partial charge is 0.305 e. The summed E-state index contributed by atoms with van der Waals surface area (Å²) in [6, 6.07) is 7.51. The minimum atomic E-state index is -0.192. The van der Waals surface area contributed by atoms with Crippen LogP contribution in [-0.2, 0) is 16.0 Å². The molecule has 0 saturated carbocycles. The van der Waals surface area contributed by atoms with E-state index in [2.05, 4.69) is 4.74 Å². The lowest BCUT2D eigenvalue weighted by Crippen LogP contribution is -2.02. The monoisotopic (exact) mass is 215 g/mol. The van der Waals surface area contributed by atoms with Crippen LogP contribution in [0.1, 0.15) is 12.0 Å². The Balaban J connectivity index is 0.00000169. The minimum absolute atomic E-state index is 0. The van der Waals surface area contributed by atoms with E-state index in [4.69, 9.17) is 5.73 Å².